The number of rotatable bonds is 3. The van der Waals surface area contributed by atoms with E-state index in [1.54, 1.807) is 10.8 Å². The standard InChI is InChI=1S/C20H20N6O2S2/c1-24-16(23-28-20(24)29)12-5-3-6-13(9-12)26-11-14-7-4-8-25(14)17-15(18(26)27)10-21-19(22-17)30-2/h3,5-6,9-10,14H,4,7-8,11H2,1-2H3/t14-/m0/s1. The maximum Gasteiger partial charge on any atom is 0.297 e. The molecule has 0 saturated carbocycles. The average Bonchev–Trinajstić information content (AvgIpc) is 3.35. The molecule has 1 amide bonds. The van der Waals surface area contributed by atoms with E-state index < -0.39 is 0 Å². The van der Waals surface area contributed by atoms with Gasteiger partial charge in [0.15, 0.2) is 11.0 Å². The molecule has 1 atom stereocenters. The molecule has 0 unspecified atom stereocenters. The first kappa shape index (κ1) is 19.3. The van der Waals surface area contributed by atoms with E-state index in [1.165, 1.54) is 11.8 Å². The molecule has 4 heterocycles. The van der Waals surface area contributed by atoms with Gasteiger partial charge in [-0.15, -0.1) is 0 Å². The van der Waals surface area contributed by atoms with Gasteiger partial charge in [0.25, 0.3) is 10.7 Å². The highest BCUT2D eigenvalue weighted by molar-refractivity contribution is 7.98. The van der Waals surface area contributed by atoms with Crippen LogP contribution in [0.15, 0.2) is 40.1 Å². The Kier molecular flexibility index (Phi) is 4.82. The van der Waals surface area contributed by atoms with E-state index in [0.29, 0.717) is 27.9 Å². The largest absolute Gasteiger partial charge is 0.351 e. The number of aromatic nitrogens is 4. The minimum atomic E-state index is -0.0855. The van der Waals surface area contributed by atoms with Crippen molar-refractivity contribution in [3.63, 3.8) is 0 Å². The molecule has 1 saturated heterocycles. The highest BCUT2D eigenvalue weighted by atomic mass is 32.2. The Bertz CT molecular complexity index is 1190. The first-order chi connectivity index (χ1) is 14.6. The first-order valence-corrected chi connectivity index (χ1v) is 11.3. The van der Waals surface area contributed by atoms with Crippen molar-refractivity contribution < 1.29 is 9.32 Å². The zero-order valence-electron chi connectivity index (χ0n) is 16.6. The van der Waals surface area contributed by atoms with Crippen molar-refractivity contribution in [1.82, 2.24) is 19.7 Å². The predicted molar refractivity (Wildman–Crippen MR) is 118 cm³/mol. The molecule has 154 valence electrons. The Labute approximate surface area is 182 Å². The zero-order valence-corrected chi connectivity index (χ0v) is 18.2. The lowest BCUT2D eigenvalue weighted by molar-refractivity contribution is 0.0988. The topological polar surface area (TPSA) is 80.3 Å². The Morgan fingerprint density at radius 2 is 2.20 bits per heavy atom. The van der Waals surface area contributed by atoms with Gasteiger partial charge in [-0.2, -0.15) is 0 Å². The van der Waals surface area contributed by atoms with Gasteiger partial charge in [0, 0.05) is 43.6 Å². The van der Waals surface area contributed by atoms with Gasteiger partial charge in [0.2, 0.25) is 0 Å². The smallest absolute Gasteiger partial charge is 0.297 e. The molecule has 5 rings (SSSR count). The van der Waals surface area contributed by atoms with Crippen LogP contribution in [0.25, 0.3) is 11.4 Å². The third-order valence-electron chi connectivity index (χ3n) is 5.66. The van der Waals surface area contributed by atoms with E-state index in [2.05, 4.69) is 20.0 Å². The quantitative estimate of drug-likeness (QED) is 0.348. The summed E-state index contributed by atoms with van der Waals surface area (Å²) < 4.78 is 6.84. The molecule has 8 nitrogen and oxygen atoms in total. The van der Waals surface area contributed by atoms with Gasteiger partial charge >= 0.3 is 0 Å². The molecule has 2 aliphatic heterocycles. The summed E-state index contributed by atoms with van der Waals surface area (Å²) in [5.74, 6) is 1.29. The van der Waals surface area contributed by atoms with E-state index in [1.807, 2.05) is 42.5 Å². The van der Waals surface area contributed by atoms with Crippen molar-refractivity contribution in [2.45, 2.75) is 24.0 Å². The molecule has 1 aromatic carbocycles. The molecule has 2 aliphatic rings. The molecule has 0 aliphatic carbocycles. The zero-order chi connectivity index (χ0) is 20.8. The van der Waals surface area contributed by atoms with E-state index in [-0.39, 0.29) is 11.9 Å². The first-order valence-electron chi connectivity index (χ1n) is 9.69. The predicted octanol–water partition coefficient (Wildman–Crippen LogP) is 3.55. The molecule has 0 bridgehead atoms. The van der Waals surface area contributed by atoms with Crippen LogP contribution in [0, 0.1) is 4.84 Å². The van der Waals surface area contributed by atoms with Gasteiger partial charge in [-0.25, -0.2) is 9.97 Å². The van der Waals surface area contributed by atoms with Crippen LogP contribution in [-0.2, 0) is 7.05 Å². The molecule has 2 aromatic heterocycles. The van der Waals surface area contributed by atoms with E-state index in [4.69, 9.17) is 16.7 Å². The van der Waals surface area contributed by atoms with Crippen LogP contribution in [0.1, 0.15) is 23.2 Å². The summed E-state index contributed by atoms with van der Waals surface area (Å²) in [5, 5.41) is 4.75. The molecule has 3 aromatic rings. The average molecular weight is 441 g/mol. The molecule has 0 N–H and O–H groups in total. The summed E-state index contributed by atoms with van der Waals surface area (Å²) in [6.07, 6.45) is 5.72. The summed E-state index contributed by atoms with van der Waals surface area (Å²) in [6.45, 7) is 1.50. The maximum atomic E-state index is 13.5. The number of carbonyl (C=O) groups excluding carboxylic acids is 1. The molecule has 30 heavy (non-hydrogen) atoms. The Balaban J connectivity index is 1.59. The number of hydrogen-bond donors (Lipinski definition) is 0. The van der Waals surface area contributed by atoms with Crippen molar-refractivity contribution in [3.8, 4) is 11.4 Å². The fraction of sp³-hybridized carbons (Fsp3) is 0.350. The fourth-order valence-corrected chi connectivity index (χ4v) is 4.60. The van der Waals surface area contributed by atoms with E-state index in [0.717, 1.165) is 36.5 Å². The van der Waals surface area contributed by atoms with Crippen LogP contribution in [0.3, 0.4) is 0 Å². The Morgan fingerprint density at radius 3 is 2.97 bits per heavy atom. The lowest BCUT2D eigenvalue weighted by atomic mass is 10.1. The minimum absolute atomic E-state index is 0.0855. The summed E-state index contributed by atoms with van der Waals surface area (Å²) in [6, 6.07) is 7.97. The van der Waals surface area contributed by atoms with Gasteiger partial charge in [-0.1, -0.05) is 29.1 Å². The van der Waals surface area contributed by atoms with E-state index >= 15 is 0 Å². The summed E-state index contributed by atoms with van der Waals surface area (Å²) in [5.41, 5.74) is 2.19. The van der Waals surface area contributed by atoms with Crippen LogP contribution in [0.2, 0.25) is 0 Å². The van der Waals surface area contributed by atoms with Crippen LogP contribution < -0.4 is 9.80 Å². The molecule has 10 heteroatoms. The van der Waals surface area contributed by atoms with Gasteiger partial charge in [0.05, 0.1) is 0 Å². The van der Waals surface area contributed by atoms with Crippen molar-refractivity contribution in [2.24, 2.45) is 7.05 Å². The summed E-state index contributed by atoms with van der Waals surface area (Å²) in [4.78, 5) is 27.0. The van der Waals surface area contributed by atoms with Gasteiger partial charge in [-0.05, 0) is 43.4 Å². The second-order valence-electron chi connectivity index (χ2n) is 7.38. The number of anilines is 2. The lowest BCUT2D eigenvalue weighted by Gasteiger charge is -2.27. The SMILES string of the molecule is CSc1ncc2c(n1)N1CCC[C@H]1CN(c1cccc(-c3noc(=S)n3C)c1)C2=O. The van der Waals surface area contributed by atoms with Crippen LogP contribution in [-0.4, -0.2) is 51.0 Å². The highest BCUT2D eigenvalue weighted by Crippen LogP contribution is 2.35. The number of nitrogens with zero attached hydrogens (tertiary/aromatic N) is 6. The third kappa shape index (κ3) is 3.10. The Hall–Kier alpha value is -2.72. The van der Waals surface area contributed by atoms with Gasteiger partial charge in [-0.3, -0.25) is 9.36 Å². The van der Waals surface area contributed by atoms with Crippen molar-refractivity contribution >= 4 is 41.4 Å². The van der Waals surface area contributed by atoms with E-state index in [9.17, 15) is 4.79 Å². The molecule has 0 spiro atoms. The fourth-order valence-electron chi connectivity index (χ4n) is 4.14. The molecular weight excluding hydrogens is 420 g/mol. The van der Waals surface area contributed by atoms with Crippen LogP contribution >= 0.6 is 24.0 Å². The molecule has 0 radical (unpaired) electrons. The van der Waals surface area contributed by atoms with Gasteiger partial charge in [0.1, 0.15) is 11.4 Å². The van der Waals surface area contributed by atoms with Crippen molar-refractivity contribution in [1.29, 1.82) is 0 Å². The normalized spacial score (nSPS) is 18.3. The summed E-state index contributed by atoms with van der Waals surface area (Å²) >= 11 is 6.62. The Morgan fingerprint density at radius 1 is 1.33 bits per heavy atom. The number of fused-ring (bicyclic) bond motifs is 3. The van der Waals surface area contributed by atoms with Gasteiger partial charge < -0.3 is 14.3 Å². The van der Waals surface area contributed by atoms with Crippen molar-refractivity contribution in [2.75, 3.05) is 29.1 Å². The monoisotopic (exact) mass is 440 g/mol. The lowest BCUT2D eigenvalue weighted by Crippen LogP contribution is -2.39. The second-order valence-corrected chi connectivity index (χ2v) is 8.50. The van der Waals surface area contributed by atoms with Crippen LogP contribution in [0.4, 0.5) is 11.5 Å². The summed E-state index contributed by atoms with van der Waals surface area (Å²) in [7, 11) is 1.81. The second kappa shape index (κ2) is 7.51. The number of amides is 1. The maximum absolute atomic E-state index is 13.5. The number of thioether (sulfide) groups is 1. The number of hydrogen-bond acceptors (Lipinski definition) is 8. The molecule has 1 fully saturated rings. The number of benzene rings is 1. The van der Waals surface area contributed by atoms with Crippen molar-refractivity contribution in [3.05, 3.63) is 40.9 Å². The molecular formula is C20H20N6O2S2. The minimum Gasteiger partial charge on any atom is -0.351 e. The highest BCUT2D eigenvalue weighted by Gasteiger charge is 2.37. The number of carbonyl (C=O) groups is 1. The van der Waals surface area contributed by atoms with Crippen LogP contribution in [0.5, 0.6) is 0 Å². The third-order valence-corrected chi connectivity index (χ3v) is 6.58.